The Balaban J connectivity index is 2.07. The Bertz CT molecular complexity index is 672. The van der Waals surface area contributed by atoms with Crippen LogP contribution >= 0.6 is 0 Å². The highest BCUT2D eigenvalue weighted by molar-refractivity contribution is 5.95. The number of carbonyl (C=O) groups is 4. The fourth-order valence-corrected chi connectivity index (χ4v) is 4.23. The topological polar surface area (TPSA) is 179 Å². The first kappa shape index (κ1) is 25.0. The molecule has 0 radical (unpaired) electrons. The van der Waals surface area contributed by atoms with E-state index < -0.39 is 54.0 Å². The first-order chi connectivity index (χ1) is 14.7. The summed E-state index contributed by atoms with van der Waals surface area (Å²) in [4.78, 5) is 52.7. The molecule has 0 aromatic carbocycles. The fourth-order valence-electron chi connectivity index (χ4n) is 4.23. The van der Waals surface area contributed by atoms with Crippen LogP contribution in [-0.2, 0) is 19.2 Å². The Labute approximate surface area is 182 Å². The average molecular weight is 442 g/mol. The number of hydrogen-bond acceptors (Lipinski definition) is 7. The summed E-state index contributed by atoms with van der Waals surface area (Å²) in [5, 5.41) is 22.0. The van der Waals surface area contributed by atoms with Crippen molar-refractivity contribution in [3.8, 4) is 0 Å². The lowest BCUT2D eigenvalue weighted by atomic mass is 10.1. The normalized spacial score (nSPS) is 24.0. The fraction of sp³-hybridized carbons (Fsp3) is 0.800. The van der Waals surface area contributed by atoms with Crippen LogP contribution in [0.15, 0.2) is 0 Å². The van der Waals surface area contributed by atoms with E-state index in [0.717, 1.165) is 6.42 Å². The number of carbonyl (C=O) groups excluding carboxylic acids is 3. The molecule has 0 aromatic heterocycles. The number of aliphatic hydroxyl groups is 1. The number of hydrogen-bond donors (Lipinski definition) is 5. The number of aliphatic hydroxyl groups excluding tert-OH is 1. The Morgan fingerprint density at radius 3 is 2.26 bits per heavy atom. The molecular weight excluding hydrogens is 406 g/mol. The molecule has 31 heavy (non-hydrogen) atoms. The van der Waals surface area contributed by atoms with Gasteiger partial charge in [-0.25, -0.2) is 4.79 Å². The summed E-state index contributed by atoms with van der Waals surface area (Å²) in [6.07, 6.45) is 2.57. The highest BCUT2D eigenvalue weighted by atomic mass is 16.4. The molecule has 2 aliphatic rings. The molecular formula is C20H35N5O6. The molecule has 0 spiro atoms. The zero-order valence-corrected chi connectivity index (χ0v) is 18.0. The van der Waals surface area contributed by atoms with E-state index in [1.165, 1.54) is 16.7 Å². The number of carboxylic acids is 1. The molecule has 7 N–H and O–H groups in total. The van der Waals surface area contributed by atoms with Crippen molar-refractivity contribution in [1.29, 1.82) is 0 Å². The van der Waals surface area contributed by atoms with E-state index in [4.69, 9.17) is 11.5 Å². The van der Waals surface area contributed by atoms with E-state index in [1.807, 2.05) is 0 Å². The number of nitrogens with one attached hydrogen (secondary N) is 1. The molecule has 2 heterocycles. The molecule has 2 saturated heterocycles. The quantitative estimate of drug-likeness (QED) is 0.251. The number of nitrogens with two attached hydrogens (primary N) is 2. The van der Waals surface area contributed by atoms with Crippen molar-refractivity contribution in [1.82, 2.24) is 15.1 Å². The van der Waals surface area contributed by atoms with Gasteiger partial charge in [0.1, 0.15) is 18.1 Å². The predicted molar refractivity (Wildman–Crippen MR) is 112 cm³/mol. The van der Waals surface area contributed by atoms with Gasteiger partial charge in [-0.15, -0.1) is 0 Å². The molecule has 0 aromatic rings. The third kappa shape index (κ3) is 6.14. The first-order valence-corrected chi connectivity index (χ1v) is 11.0. The lowest BCUT2D eigenvalue weighted by molar-refractivity contribution is -0.153. The van der Waals surface area contributed by atoms with Crippen molar-refractivity contribution in [3.63, 3.8) is 0 Å². The Morgan fingerprint density at radius 2 is 1.68 bits per heavy atom. The summed E-state index contributed by atoms with van der Waals surface area (Å²) in [7, 11) is 0. The minimum absolute atomic E-state index is 0.294. The number of likely N-dealkylation sites (tertiary alicyclic amines) is 2. The van der Waals surface area contributed by atoms with Crippen LogP contribution in [0.4, 0.5) is 0 Å². The van der Waals surface area contributed by atoms with Crippen LogP contribution in [-0.4, -0.2) is 93.6 Å². The maximum Gasteiger partial charge on any atom is 0.326 e. The molecule has 3 amide bonds. The largest absolute Gasteiger partial charge is 0.480 e. The molecule has 5 atom stereocenters. The van der Waals surface area contributed by atoms with Crippen LogP contribution in [0.2, 0.25) is 0 Å². The van der Waals surface area contributed by atoms with E-state index in [2.05, 4.69) is 5.32 Å². The molecule has 11 nitrogen and oxygen atoms in total. The maximum absolute atomic E-state index is 13.2. The minimum atomic E-state index is -1.24. The van der Waals surface area contributed by atoms with Crippen LogP contribution < -0.4 is 16.8 Å². The van der Waals surface area contributed by atoms with E-state index in [0.29, 0.717) is 58.2 Å². The highest BCUT2D eigenvalue weighted by Crippen LogP contribution is 2.25. The highest BCUT2D eigenvalue weighted by Gasteiger charge is 2.44. The lowest BCUT2D eigenvalue weighted by Crippen LogP contribution is -2.59. The van der Waals surface area contributed by atoms with Crippen LogP contribution in [0.25, 0.3) is 0 Å². The number of unbranched alkanes of at least 4 members (excludes halogenated alkanes) is 1. The molecule has 2 fully saturated rings. The van der Waals surface area contributed by atoms with Crippen molar-refractivity contribution in [2.24, 2.45) is 11.5 Å². The first-order valence-electron chi connectivity index (χ1n) is 11.0. The van der Waals surface area contributed by atoms with Crippen LogP contribution in [0.5, 0.6) is 0 Å². The second-order valence-corrected chi connectivity index (χ2v) is 8.34. The predicted octanol–water partition coefficient (Wildman–Crippen LogP) is -1.63. The second kappa shape index (κ2) is 11.4. The lowest BCUT2D eigenvalue weighted by Gasteiger charge is -2.33. The zero-order chi connectivity index (χ0) is 23.1. The van der Waals surface area contributed by atoms with E-state index in [1.54, 1.807) is 0 Å². The van der Waals surface area contributed by atoms with Crippen molar-refractivity contribution in [3.05, 3.63) is 0 Å². The van der Waals surface area contributed by atoms with Crippen LogP contribution in [0, 0.1) is 0 Å². The smallest absolute Gasteiger partial charge is 0.326 e. The number of aliphatic carboxylic acids is 1. The van der Waals surface area contributed by atoms with Gasteiger partial charge in [0.25, 0.3) is 0 Å². The molecule has 2 aliphatic heterocycles. The van der Waals surface area contributed by atoms with E-state index in [-0.39, 0.29) is 0 Å². The SMILES string of the molecule is C[C@@H](O)[C@H](NC(=O)[C@@H](N)CCCCN)C(=O)N1CCC[C@H]1C(=O)N1CCC[C@H]1C(=O)O. The Morgan fingerprint density at radius 1 is 1.06 bits per heavy atom. The van der Waals surface area contributed by atoms with Crippen molar-refractivity contribution < 1.29 is 29.4 Å². The van der Waals surface area contributed by atoms with Crippen LogP contribution in [0.1, 0.15) is 51.9 Å². The van der Waals surface area contributed by atoms with E-state index in [9.17, 15) is 29.4 Å². The standard InChI is InChI=1S/C20H35N5O6/c1-12(26)16(23-17(27)13(22)6-2-3-9-21)19(29)24-10-4-7-14(24)18(28)25-11-5-8-15(25)20(30)31/h12-16,26H,2-11,21-22H2,1H3,(H,23,27)(H,30,31)/t12-,13+,14+,15+,16+/m1/s1. The van der Waals surface area contributed by atoms with Crippen molar-refractivity contribution >= 4 is 23.7 Å². The number of carboxylic acid groups (broad SMARTS) is 1. The van der Waals surface area contributed by atoms with Gasteiger partial charge in [0.05, 0.1) is 12.1 Å². The molecule has 11 heteroatoms. The van der Waals surface area contributed by atoms with Gasteiger partial charge >= 0.3 is 5.97 Å². The third-order valence-electron chi connectivity index (χ3n) is 5.99. The van der Waals surface area contributed by atoms with Gasteiger partial charge < -0.3 is 36.8 Å². The van der Waals surface area contributed by atoms with Gasteiger partial charge in [-0.3, -0.25) is 14.4 Å². The van der Waals surface area contributed by atoms with Gasteiger partial charge in [0, 0.05) is 13.1 Å². The molecule has 2 rings (SSSR count). The van der Waals surface area contributed by atoms with Gasteiger partial charge in [-0.2, -0.15) is 0 Å². The monoisotopic (exact) mass is 441 g/mol. The molecule has 0 saturated carbocycles. The summed E-state index contributed by atoms with van der Waals surface area (Å²) in [5.74, 6) is -2.58. The molecule has 0 aliphatic carbocycles. The summed E-state index contributed by atoms with van der Waals surface area (Å²) < 4.78 is 0. The van der Waals surface area contributed by atoms with Gasteiger partial charge in [0.15, 0.2) is 0 Å². The van der Waals surface area contributed by atoms with Gasteiger partial charge in [-0.05, 0) is 52.0 Å². The Kier molecular flexibility index (Phi) is 9.20. The number of amides is 3. The average Bonchev–Trinajstić information content (AvgIpc) is 3.40. The van der Waals surface area contributed by atoms with Gasteiger partial charge in [-0.1, -0.05) is 6.42 Å². The summed E-state index contributed by atoms with van der Waals surface area (Å²) in [6.45, 7) is 2.51. The van der Waals surface area contributed by atoms with Crippen LogP contribution in [0.3, 0.4) is 0 Å². The maximum atomic E-state index is 13.2. The second-order valence-electron chi connectivity index (χ2n) is 8.34. The molecule has 176 valence electrons. The molecule has 0 bridgehead atoms. The summed E-state index contributed by atoms with van der Waals surface area (Å²) >= 11 is 0. The third-order valence-corrected chi connectivity index (χ3v) is 5.99. The molecule has 0 unspecified atom stereocenters. The minimum Gasteiger partial charge on any atom is -0.480 e. The Hall–Kier alpha value is -2.24. The van der Waals surface area contributed by atoms with Gasteiger partial charge in [0.2, 0.25) is 17.7 Å². The zero-order valence-electron chi connectivity index (χ0n) is 18.0. The van der Waals surface area contributed by atoms with Crippen molar-refractivity contribution in [2.75, 3.05) is 19.6 Å². The summed E-state index contributed by atoms with van der Waals surface area (Å²) in [5.41, 5.74) is 11.3. The van der Waals surface area contributed by atoms with Crippen molar-refractivity contribution in [2.45, 2.75) is 82.1 Å². The van der Waals surface area contributed by atoms with E-state index >= 15 is 0 Å². The number of rotatable bonds is 10. The number of nitrogens with zero attached hydrogens (tertiary/aromatic N) is 2. The summed E-state index contributed by atoms with van der Waals surface area (Å²) in [6, 6.07) is -3.76.